The Morgan fingerprint density at radius 3 is 2.66 bits per heavy atom. The lowest BCUT2D eigenvalue weighted by molar-refractivity contribution is 0.0765. The molecular weight excluding hydrogens is 407 g/mol. The number of para-hydroxylation sites is 1. The highest BCUT2D eigenvalue weighted by Crippen LogP contribution is 2.36. The lowest BCUT2D eigenvalue weighted by atomic mass is 10.1. The zero-order chi connectivity index (χ0) is 22.1. The number of aromatic nitrogens is 2. The van der Waals surface area contributed by atoms with E-state index in [2.05, 4.69) is 10.2 Å². The van der Waals surface area contributed by atoms with Crippen molar-refractivity contribution >= 4 is 5.91 Å². The number of carbonyl (C=O) groups is 1. The molecule has 3 aromatic carbocycles. The van der Waals surface area contributed by atoms with E-state index in [1.54, 1.807) is 23.2 Å². The second-order valence-corrected chi connectivity index (χ2v) is 7.47. The first-order valence-electron chi connectivity index (χ1n) is 10.00. The normalized spacial score (nSPS) is 12.5. The number of hydrogen-bond acceptors (Lipinski definition) is 4. The largest absolute Gasteiger partial charge is 0.452 e. The van der Waals surface area contributed by atoms with Crippen LogP contribution in [0.15, 0.2) is 73.1 Å². The molecule has 4 aromatic rings. The summed E-state index contributed by atoms with van der Waals surface area (Å²) >= 11 is 0. The van der Waals surface area contributed by atoms with Gasteiger partial charge in [0, 0.05) is 24.8 Å². The molecule has 0 aliphatic carbocycles. The second kappa shape index (κ2) is 8.00. The number of ether oxygens (including phenoxy) is 1. The van der Waals surface area contributed by atoms with Gasteiger partial charge in [-0.25, -0.2) is 4.39 Å². The van der Waals surface area contributed by atoms with Gasteiger partial charge in [0.15, 0.2) is 11.6 Å². The van der Waals surface area contributed by atoms with Crippen molar-refractivity contribution in [3.8, 4) is 28.7 Å². The van der Waals surface area contributed by atoms with E-state index in [9.17, 15) is 14.4 Å². The van der Waals surface area contributed by atoms with Gasteiger partial charge in [0.1, 0.15) is 11.8 Å². The van der Waals surface area contributed by atoms with E-state index in [1.807, 2.05) is 42.6 Å². The third-order valence-corrected chi connectivity index (χ3v) is 5.43. The molecule has 1 aliphatic rings. The van der Waals surface area contributed by atoms with E-state index in [4.69, 9.17) is 4.74 Å². The molecular formula is C25H17FN4O2. The molecule has 7 heteroatoms. The minimum atomic E-state index is -0.651. The number of H-pyrrole nitrogens is 1. The molecule has 1 aliphatic heterocycles. The summed E-state index contributed by atoms with van der Waals surface area (Å²) in [7, 11) is 0. The van der Waals surface area contributed by atoms with Crippen LogP contribution in [0.4, 0.5) is 4.39 Å². The molecule has 0 radical (unpaired) electrons. The summed E-state index contributed by atoms with van der Waals surface area (Å²) < 4.78 is 20.0. The number of nitriles is 1. The number of halogens is 1. The Bertz CT molecular complexity index is 1340. The maximum absolute atomic E-state index is 14.3. The molecule has 2 heterocycles. The van der Waals surface area contributed by atoms with Gasteiger partial charge in [0.25, 0.3) is 5.91 Å². The fourth-order valence-corrected chi connectivity index (χ4v) is 3.84. The fraction of sp³-hybridized carbons (Fsp3) is 0.0800. The molecule has 0 fully saturated rings. The molecule has 6 nitrogen and oxygen atoms in total. The van der Waals surface area contributed by atoms with E-state index < -0.39 is 5.82 Å². The van der Waals surface area contributed by atoms with Gasteiger partial charge in [-0.2, -0.15) is 10.4 Å². The molecule has 1 N–H and O–H groups in total. The Hall–Kier alpha value is -4.44. The summed E-state index contributed by atoms with van der Waals surface area (Å²) in [4.78, 5) is 14.9. The van der Waals surface area contributed by atoms with Crippen LogP contribution in [0.25, 0.3) is 11.1 Å². The monoisotopic (exact) mass is 424 g/mol. The Morgan fingerprint density at radius 1 is 1.09 bits per heavy atom. The number of benzene rings is 3. The number of hydrogen-bond donors (Lipinski definition) is 1. The molecule has 5 rings (SSSR count). The van der Waals surface area contributed by atoms with Gasteiger partial charge >= 0.3 is 0 Å². The summed E-state index contributed by atoms with van der Waals surface area (Å²) in [5.74, 6) is -0.776. The van der Waals surface area contributed by atoms with E-state index >= 15 is 0 Å². The van der Waals surface area contributed by atoms with E-state index in [0.717, 1.165) is 22.3 Å². The average Bonchev–Trinajstić information content (AvgIpc) is 3.45. The van der Waals surface area contributed by atoms with Crippen molar-refractivity contribution in [1.82, 2.24) is 15.1 Å². The summed E-state index contributed by atoms with van der Waals surface area (Å²) in [6, 6.07) is 19.2. The third-order valence-electron chi connectivity index (χ3n) is 5.43. The Labute approximate surface area is 183 Å². The molecule has 1 aromatic heterocycles. The van der Waals surface area contributed by atoms with Gasteiger partial charge in [0.2, 0.25) is 0 Å². The highest BCUT2D eigenvalue weighted by atomic mass is 19.1. The van der Waals surface area contributed by atoms with E-state index in [-0.39, 0.29) is 23.0 Å². The summed E-state index contributed by atoms with van der Waals surface area (Å²) in [6.45, 7) is 0.860. The van der Waals surface area contributed by atoms with Gasteiger partial charge in [-0.3, -0.25) is 9.89 Å². The minimum absolute atomic E-state index is 0.0719. The van der Waals surface area contributed by atoms with Crippen LogP contribution < -0.4 is 4.74 Å². The van der Waals surface area contributed by atoms with Crippen LogP contribution in [-0.4, -0.2) is 21.0 Å². The first-order valence-corrected chi connectivity index (χ1v) is 10.00. The van der Waals surface area contributed by atoms with E-state index in [1.165, 1.54) is 18.2 Å². The quantitative estimate of drug-likeness (QED) is 0.487. The van der Waals surface area contributed by atoms with Crippen molar-refractivity contribution in [2.45, 2.75) is 13.1 Å². The lowest BCUT2D eigenvalue weighted by Gasteiger charge is -2.16. The highest BCUT2D eigenvalue weighted by molar-refractivity contribution is 6.01. The SMILES string of the molecule is N#Cc1cccc(F)c1Oc1cccc2c1C(=O)N(Cc1ccc(-c3cn[nH]c3)cc1)C2. The number of aromatic amines is 1. The van der Waals surface area contributed by atoms with Crippen LogP contribution in [-0.2, 0) is 13.1 Å². The molecule has 0 saturated heterocycles. The van der Waals surface area contributed by atoms with Crippen molar-refractivity contribution in [2.75, 3.05) is 0 Å². The van der Waals surface area contributed by atoms with Gasteiger partial charge in [-0.15, -0.1) is 0 Å². The number of nitrogens with zero attached hydrogens (tertiary/aromatic N) is 3. The molecule has 0 saturated carbocycles. The lowest BCUT2D eigenvalue weighted by Crippen LogP contribution is -2.23. The molecule has 156 valence electrons. The number of carbonyl (C=O) groups excluding carboxylic acids is 1. The predicted octanol–water partition coefficient (Wildman–Crippen LogP) is 5.04. The fourth-order valence-electron chi connectivity index (χ4n) is 3.84. The number of fused-ring (bicyclic) bond motifs is 1. The van der Waals surface area contributed by atoms with Crippen molar-refractivity contribution in [3.63, 3.8) is 0 Å². The van der Waals surface area contributed by atoms with Crippen LogP contribution in [0, 0.1) is 17.1 Å². The van der Waals surface area contributed by atoms with Crippen molar-refractivity contribution < 1.29 is 13.9 Å². The molecule has 32 heavy (non-hydrogen) atoms. The standard InChI is InChI=1S/C25H17FN4O2/c26-21-5-1-3-18(11-27)24(21)32-22-6-2-4-19-15-30(25(31)23(19)22)14-16-7-9-17(10-8-16)20-12-28-29-13-20/h1-10,12-13H,14-15H2,(H,28,29). The van der Waals surface area contributed by atoms with Crippen LogP contribution >= 0.6 is 0 Å². The number of amides is 1. The maximum atomic E-state index is 14.3. The van der Waals surface area contributed by atoms with Crippen molar-refractivity contribution in [3.05, 3.63) is 101 Å². The number of nitrogens with one attached hydrogen (secondary N) is 1. The minimum Gasteiger partial charge on any atom is -0.452 e. The molecule has 0 unspecified atom stereocenters. The van der Waals surface area contributed by atoms with Gasteiger partial charge < -0.3 is 9.64 Å². The van der Waals surface area contributed by atoms with Crippen molar-refractivity contribution in [2.24, 2.45) is 0 Å². The van der Waals surface area contributed by atoms with Crippen LogP contribution in [0.3, 0.4) is 0 Å². The molecule has 0 spiro atoms. The van der Waals surface area contributed by atoms with Crippen molar-refractivity contribution in [1.29, 1.82) is 5.26 Å². The van der Waals surface area contributed by atoms with Gasteiger partial charge in [-0.1, -0.05) is 42.5 Å². The van der Waals surface area contributed by atoms with Gasteiger partial charge in [0.05, 0.1) is 17.3 Å². The summed E-state index contributed by atoms with van der Waals surface area (Å²) in [5, 5.41) is 16.0. The summed E-state index contributed by atoms with van der Waals surface area (Å²) in [6.07, 6.45) is 3.58. The van der Waals surface area contributed by atoms with Gasteiger partial charge in [-0.05, 0) is 34.9 Å². The molecule has 0 atom stereocenters. The van der Waals surface area contributed by atoms with Crippen LogP contribution in [0.5, 0.6) is 11.5 Å². The number of rotatable bonds is 5. The second-order valence-electron chi connectivity index (χ2n) is 7.47. The van der Waals surface area contributed by atoms with Crippen LogP contribution in [0.2, 0.25) is 0 Å². The Morgan fingerprint density at radius 2 is 1.91 bits per heavy atom. The molecule has 0 bridgehead atoms. The summed E-state index contributed by atoms with van der Waals surface area (Å²) in [5.41, 5.74) is 4.29. The smallest absolute Gasteiger partial charge is 0.258 e. The van der Waals surface area contributed by atoms with Crippen LogP contribution in [0.1, 0.15) is 27.0 Å². The highest BCUT2D eigenvalue weighted by Gasteiger charge is 2.31. The third kappa shape index (κ3) is 3.48. The molecule has 1 amide bonds. The average molecular weight is 424 g/mol. The Balaban J connectivity index is 1.38. The first-order chi connectivity index (χ1) is 15.6. The Kier molecular flexibility index (Phi) is 4.88. The zero-order valence-electron chi connectivity index (χ0n) is 16.9. The van der Waals surface area contributed by atoms with E-state index in [0.29, 0.717) is 18.7 Å². The predicted molar refractivity (Wildman–Crippen MR) is 115 cm³/mol. The topological polar surface area (TPSA) is 82.0 Å². The zero-order valence-corrected chi connectivity index (χ0v) is 16.9. The first kappa shape index (κ1) is 19.5. The maximum Gasteiger partial charge on any atom is 0.258 e.